The van der Waals surface area contributed by atoms with Crippen LogP contribution in [-0.4, -0.2) is 34.6 Å². The van der Waals surface area contributed by atoms with Crippen molar-refractivity contribution in [1.82, 2.24) is 14.9 Å². The smallest absolute Gasteiger partial charge is 0.287 e. The van der Waals surface area contributed by atoms with Gasteiger partial charge in [0, 0.05) is 19.6 Å². The maximum Gasteiger partial charge on any atom is 0.287 e. The molecule has 1 amide bonds. The highest BCUT2D eigenvalue weighted by atomic mass is 16.2. The molecule has 0 fully saturated rings. The SMILES string of the molecule is CCc1ccc(-c2ccc3c(c2)nc(C(=O)NC[C@H](N)CCCN)n3C)cc1. The second kappa shape index (κ2) is 8.99. The van der Waals surface area contributed by atoms with Crippen molar-refractivity contribution < 1.29 is 4.79 Å². The van der Waals surface area contributed by atoms with Crippen LogP contribution in [0.1, 0.15) is 35.9 Å². The van der Waals surface area contributed by atoms with E-state index in [-0.39, 0.29) is 11.9 Å². The molecule has 0 saturated carbocycles. The molecule has 1 atom stereocenters. The number of nitrogens with zero attached hydrogens (tertiary/aromatic N) is 2. The van der Waals surface area contributed by atoms with Gasteiger partial charge in [0.05, 0.1) is 11.0 Å². The van der Waals surface area contributed by atoms with Gasteiger partial charge in [-0.15, -0.1) is 0 Å². The summed E-state index contributed by atoms with van der Waals surface area (Å²) in [5.74, 6) is 0.176. The van der Waals surface area contributed by atoms with E-state index in [0.717, 1.165) is 41.4 Å². The Labute approximate surface area is 165 Å². The van der Waals surface area contributed by atoms with E-state index in [0.29, 0.717) is 18.9 Å². The van der Waals surface area contributed by atoms with Crippen LogP contribution in [0.3, 0.4) is 0 Å². The van der Waals surface area contributed by atoms with E-state index in [1.165, 1.54) is 5.56 Å². The van der Waals surface area contributed by atoms with Crippen LogP contribution < -0.4 is 16.8 Å². The zero-order valence-corrected chi connectivity index (χ0v) is 16.6. The first kappa shape index (κ1) is 20.0. The lowest BCUT2D eigenvalue weighted by Gasteiger charge is -2.11. The highest BCUT2D eigenvalue weighted by molar-refractivity contribution is 5.95. The van der Waals surface area contributed by atoms with E-state index in [1.807, 2.05) is 23.7 Å². The topological polar surface area (TPSA) is 99.0 Å². The van der Waals surface area contributed by atoms with Gasteiger partial charge in [0.1, 0.15) is 0 Å². The predicted molar refractivity (Wildman–Crippen MR) is 114 cm³/mol. The molecule has 0 spiro atoms. The van der Waals surface area contributed by atoms with Crippen molar-refractivity contribution in [3.05, 3.63) is 53.9 Å². The fraction of sp³-hybridized carbons (Fsp3) is 0.364. The van der Waals surface area contributed by atoms with Gasteiger partial charge >= 0.3 is 0 Å². The third-order valence-electron chi connectivity index (χ3n) is 5.08. The number of carbonyl (C=O) groups excluding carboxylic acids is 1. The van der Waals surface area contributed by atoms with Gasteiger partial charge in [-0.1, -0.05) is 37.3 Å². The quantitative estimate of drug-likeness (QED) is 0.560. The Hall–Kier alpha value is -2.70. The zero-order valence-electron chi connectivity index (χ0n) is 16.6. The van der Waals surface area contributed by atoms with Gasteiger partial charge < -0.3 is 21.4 Å². The molecule has 0 saturated heterocycles. The zero-order chi connectivity index (χ0) is 20.1. The first-order valence-electron chi connectivity index (χ1n) is 9.83. The molecule has 6 heteroatoms. The van der Waals surface area contributed by atoms with Crippen molar-refractivity contribution in [2.75, 3.05) is 13.1 Å². The average Bonchev–Trinajstić information content (AvgIpc) is 3.06. The summed E-state index contributed by atoms with van der Waals surface area (Å²) in [6.45, 7) is 3.17. The van der Waals surface area contributed by atoms with Gasteiger partial charge in [0.2, 0.25) is 0 Å². The minimum Gasteiger partial charge on any atom is -0.348 e. The number of hydrogen-bond acceptors (Lipinski definition) is 4. The van der Waals surface area contributed by atoms with Crippen LogP contribution in [0.4, 0.5) is 0 Å². The Bertz CT molecular complexity index is 945. The van der Waals surface area contributed by atoms with Crippen molar-refractivity contribution in [3.8, 4) is 11.1 Å². The lowest BCUT2D eigenvalue weighted by molar-refractivity contribution is 0.0937. The van der Waals surface area contributed by atoms with Gasteiger partial charge in [-0.3, -0.25) is 4.79 Å². The monoisotopic (exact) mass is 379 g/mol. The number of fused-ring (bicyclic) bond motifs is 1. The normalized spacial score (nSPS) is 12.3. The number of aryl methyl sites for hydroxylation is 2. The van der Waals surface area contributed by atoms with E-state index in [4.69, 9.17) is 11.5 Å². The first-order chi connectivity index (χ1) is 13.5. The molecule has 0 radical (unpaired) electrons. The summed E-state index contributed by atoms with van der Waals surface area (Å²) >= 11 is 0. The molecule has 6 nitrogen and oxygen atoms in total. The third-order valence-corrected chi connectivity index (χ3v) is 5.08. The van der Waals surface area contributed by atoms with E-state index in [9.17, 15) is 4.79 Å². The number of nitrogens with two attached hydrogens (primary N) is 2. The molecule has 3 aromatic rings. The Kier molecular flexibility index (Phi) is 6.44. The summed E-state index contributed by atoms with van der Waals surface area (Å²) < 4.78 is 1.82. The van der Waals surface area contributed by atoms with Gasteiger partial charge in [-0.2, -0.15) is 0 Å². The molecule has 2 aromatic carbocycles. The van der Waals surface area contributed by atoms with Crippen molar-refractivity contribution in [1.29, 1.82) is 0 Å². The van der Waals surface area contributed by atoms with E-state index < -0.39 is 0 Å². The van der Waals surface area contributed by atoms with Crippen LogP contribution in [0, 0.1) is 0 Å². The maximum atomic E-state index is 12.6. The van der Waals surface area contributed by atoms with Gasteiger partial charge in [0.15, 0.2) is 5.82 Å². The lowest BCUT2D eigenvalue weighted by atomic mass is 10.0. The maximum absolute atomic E-state index is 12.6. The van der Waals surface area contributed by atoms with Gasteiger partial charge in [-0.25, -0.2) is 4.98 Å². The lowest BCUT2D eigenvalue weighted by Crippen LogP contribution is -2.38. The molecular weight excluding hydrogens is 350 g/mol. The highest BCUT2D eigenvalue weighted by Crippen LogP contribution is 2.25. The second-order valence-corrected chi connectivity index (χ2v) is 7.15. The summed E-state index contributed by atoms with van der Waals surface area (Å²) in [5, 5.41) is 2.88. The van der Waals surface area contributed by atoms with E-state index in [1.54, 1.807) is 0 Å². The van der Waals surface area contributed by atoms with E-state index in [2.05, 4.69) is 47.6 Å². The number of amides is 1. The summed E-state index contributed by atoms with van der Waals surface area (Å²) in [6, 6.07) is 14.5. The molecule has 148 valence electrons. The molecule has 0 aliphatic carbocycles. The van der Waals surface area contributed by atoms with Gasteiger partial charge in [0.25, 0.3) is 5.91 Å². The van der Waals surface area contributed by atoms with Crippen LogP contribution in [0.5, 0.6) is 0 Å². The van der Waals surface area contributed by atoms with Crippen molar-refractivity contribution in [2.24, 2.45) is 18.5 Å². The van der Waals surface area contributed by atoms with E-state index >= 15 is 0 Å². The molecule has 5 N–H and O–H groups in total. The van der Waals surface area contributed by atoms with Crippen LogP contribution in [-0.2, 0) is 13.5 Å². The van der Waals surface area contributed by atoms with Crippen molar-refractivity contribution in [2.45, 2.75) is 32.2 Å². The molecule has 0 bridgehead atoms. The summed E-state index contributed by atoms with van der Waals surface area (Å²) in [5.41, 5.74) is 16.8. The fourth-order valence-corrected chi connectivity index (χ4v) is 3.30. The highest BCUT2D eigenvalue weighted by Gasteiger charge is 2.16. The van der Waals surface area contributed by atoms with Crippen LogP contribution in [0.2, 0.25) is 0 Å². The molecule has 0 aliphatic heterocycles. The molecule has 0 unspecified atom stereocenters. The number of hydrogen-bond donors (Lipinski definition) is 3. The minimum absolute atomic E-state index is 0.0973. The Balaban J connectivity index is 1.79. The molecule has 3 rings (SSSR count). The molecule has 0 aliphatic rings. The molecular formula is C22H29N5O. The summed E-state index contributed by atoms with van der Waals surface area (Å²) in [7, 11) is 1.86. The van der Waals surface area contributed by atoms with Gasteiger partial charge in [-0.05, 0) is 54.6 Å². The first-order valence-corrected chi connectivity index (χ1v) is 9.83. The van der Waals surface area contributed by atoms with Crippen LogP contribution in [0.15, 0.2) is 42.5 Å². The Morgan fingerprint density at radius 3 is 2.57 bits per heavy atom. The average molecular weight is 380 g/mol. The molecule has 1 heterocycles. The number of nitrogens with one attached hydrogen (secondary N) is 1. The van der Waals surface area contributed by atoms with Crippen LogP contribution in [0.25, 0.3) is 22.2 Å². The number of carbonyl (C=O) groups is 1. The predicted octanol–water partition coefficient (Wildman–Crippen LogP) is 2.60. The third kappa shape index (κ3) is 4.40. The van der Waals surface area contributed by atoms with Crippen molar-refractivity contribution in [3.63, 3.8) is 0 Å². The number of rotatable bonds is 8. The second-order valence-electron chi connectivity index (χ2n) is 7.15. The summed E-state index contributed by atoms with van der Waals surface area (Å²) in [6.07, 6.45) is 2.67. The molecule has 1 aromatic heterocycles. The standard InChI is InChI=1S/C22H29N5O/c1-3-15-6-8-16(9-7-15)17-10-11-20-19(13-17)26-21(27(20)2)22(28)25-14-18(24)5-4-12-23/h6-11,13,18H,3-5,12,14,23-24H2,1-2H3,(H,25,28)/t18-/m1/s1. The minimum atomic E-state index is -0.212. The number of aromatic nitrogens is 2. The summed E-state index contributed by atoms with van der Waals surface area (Å²) in [4.78, 5) is 17.1. The van der Waals surface area contributed by atoms with Crippen LogP contribution >= 0.6 is 0 Å². The Morgan fingerprint density at radius 1 is 1.18 bits per heavy atom. The molecule has 28 heavy (non-hydrogen) atoms. The largest absolute Gasteiger partial charge is 0.348 e. The fourth-order valence-electron chi connectivity index (χ4n) is 3.30. The Morgan fingerprint density at radius 2 is 1.89 bits per heavy atom. The number of benzene rings is 2. The van der Waals surface area contributed by atoms with Crippen molar-refractivity contribution >= 4 is 16.9 Å². The number of imidazole rings is 1.